The van der Waals surface area contributed by atoms with Crippen molar-refractivity contribution >= 4 is 11.7 Å². The van der Waals surface area contributed by atoms with E-state index in [0.717, 1.165) is 12.2 Å². The molecule has 4 nitrogen and oxygen atoms in total. The van der Waals surface area contributed by atoms with Crippen LogP contribution in [0.1, 0.15) is 68.6 Å². The molecule has 2 rings (SSSR count). The summed E-state index contributed by atoms with van der Waals surface area (Å²) in [6.45, 7) is 9.88. The van der Waals surface area contributed by atoms with Crippen LogP contribution in [0.5, 0.6) is 11.5 Å². The zero-order chi connectivity index (χ0) is 20.0. The minimum absolute atomic E-state index is 0.419. The quantitative estimate of drug-likeness (QED) is 0.173. The first-order chi connectivity index (χ1) is 13.7. The molecule has 2 aromatic carbocycles. The van der Waals surface area contributed by atoms with Gasteiger partial charge in [-0.25, -0.2) is 9.64 Å². The van der Waals surface area contributed by atoms with Gasteiger partial charge in [-0.3, -0.25) is 0 Å². The molecule has 0 aliphatic rings. The lowest BCUT2D eigenvalue weighted by molar-refractivity contribution is 0.0734. The Bertz CT molecular complexity index is 745. The standard InChI is InChI=1S/C24H29NO3/c1-3-4-5-6-7-8-9-10-19-27-22-15-17-23(18-16-22)28-24(26)20-11-13-21(25-2)14-12-20/h11-18H,3-10,19H2,1H3. The van der Waals surface area contributed by atoms with Crippen molar-refractivity contribution < 1.29 is 14.3 Å². The molecule has 0 atom stereocenters. The monoisotopic (exact) mass is 379 g/mol. The van der Waals surface area contributed by atoms with Crippen LogP contribution in [0.25, 0.3) is 4.85 Å². The second-order valence-electron chi connectivity index (χ2n) is 6.84. The Morgan fingerprint density at radius 2 is 1.39 bits per heavy atom. The van der Waals surface area contributed by atoms with Crippen molar-refractivity contribution in [2.75, 3.05) is 6.61 Å². The van der Waals surface area contributed by atoms with Gasteiger partial charge in [0.25, 0.3) is 0 Å². The molecule has 0 saturated carbocycles. The van der Waals surface area contributed by atoms with Gasteiger partial charge >= 0.3 is 5.97 Å². The van der Waals surface area contributed by atoms with Crippen LogP contribution in [0, 0.1) is 6.57 Å². The maximum atomic E-state index is 12.1. The van der Waals surface area contributed by atoms with Crippen molar-refractivity contribution in [1.29, 1.82) is 0 Å². The van der Waals surface area contributed by atoms with Gasteiger partial charge in [-0.15, -0.1) is 0 Å². The lowest BCUT2D eigenvalue weighted by Gasteiger charge is -2.08. The molecule has 4 heteroatoms. The van der Waals surface area contributed by atoms with E-state index in [0.29, 0.717) is 23.6 Å². The first kappa shape index (κ1) is 21.5. The maximum Gasteiger partial charge on any atom is 0.343 e. The number of esters is 1. The Kier molecular flexibility index (Phi) is 9.65. The molecule has 148 valence electrons. The van der Waals surface area contributed by atoms with Gasteiger partial charge in [-0.05, 0) is 30.7 Å². The lowest BCUT2D eigenvalue weighted by Crippen LogP contribution is -2.08. The summed E-state index contributed by atoms with van der Waals surface area (Å²) in [5.74, 6) is 0.812. The molecule has 0 unspecified atom stereocenters. The lowest BCUT2D eigenvalue weighted by atomic mass is 10.1. The molecular weight excluding hydrogens is 350 g/mol. The summed E-state index contributed by atoms with van der Waals surface area (Å²) >= 11 is 0. The number of hydrogen-bond acceptors (Lipinski definition) is 3. The summed E-state index contributed by atoms with van der Waals surface area (Å²) in [6, 6.07) is 13.5. The Labute approximate surface area is 168 Å². The first-order valence-corrected chi connectivity index (χ1v) is 10.2. The van der Waals surface area contributed by atoms with Gasteiger partial charge in [0.05, 0.1) is 18.7 Å². The fraction of sp³-hybridized carbons (Fsp3) is 0.417. The van der Waals surface area contributed by atoms with Gasteiger partial charge in [-0.2, -0.15) is 0 Å². The minimum atomic E-state index is -0.441. The fourth-order valence-electron chi connectivity index (χ4n) is 2.87. The van der Waals surface area contributed by atoms with Gasteiger partial charge in [-0.1, -0.05) is 76.1 Å². The minimum Gasteiger partial charge on any atom is -0.494 e. The molecule has 0 N–H and O–H groups in total. The molecule has 0 bridgehead atoms. The fourth-order valence-corrected chi connectivity index (χ4v) is 2.87. The number of rotatable bonds is 12. The van der Waals surface area contributed by atoms with Crippen molar-refractivity contribution in [3.8, 4) is 11.5 Å². The first-order valence-electron chi connectivity index (χ1n) is 10.2. The molecule has 0 aromatic heterocycles. The molecule has 0 heterocycles. The highest BCUT2D eigenvalue weighted by molar-refractivity contribution is 5.91. The Hall–Kier alpha value is -2.80. The van der Waals surface area contributed by atoms with Crippen molar-refractivity contribution in [2.45, 2.75) is 58.3 Å². The van der Waals surface area contributed by atoms with E-state index in [1.807, 2.05) is 12.1 Å². The van der Waals surface area contributed by atoms with E-state index in [9.17, 15) is 4.79 Å². The zero-order valence-electron chi connectivity index (χ0n) is 16.7. The van der Waals surface area contributed by atoms with Crippen LogP contribution in [0.3, 0.4) is 0 Å². The third kappa shape index (κ3) is 7.84. The molecule has 0 saturated heterocycles. The van der Waals surface area contributed by atoms with Crippen LogP contribution in [0.4, 0.5) is 5.69 Å². The van der Waals surface area contributed by atoms with Crippen molar-refractivity contribution in [2.24, 2.45) is 0 Å². The number of benzene rings is 2. The summed E-state index contributed by atoms with van der Waals surface area (Å²) in [4.78, 5) is 15.4. The van der Waals surface area contributed by atoms with E-state index in [1.165, 1.54) is 44.9 Å². The molecular formula is C24H29NO3. The second kappa shape index (κ2) is 12.6. The molecule has 0 fully saturated rings. The molecule has 0 spiro atoms. The summed E-state index contributed by atoms with van der Waals surface area (Å²) in [6.07, 6.45) is 10.2. The number of carbonyl (C=O) groups excluding carboxylic acids is 1. The predicted molar refractivity (Wildman–Crippen MR) is 112 cm³/mol. The van der Waals surface area contributed by atoms with Gasteiger partial charge in [0.15, 0.2) is 5.69 Å². The van der Waals surface area contributed by atoms with Crippen LogP contribution in [0.15, 0.2) is 48.5 Å². The van der Waals surface area contributed by atoms with Crippen molar-refractivity contribution in [3.63, 3.8) is 0 Å². The molecule has 28 heavy (non-hydrogen) atoms. The molecule has 0 aliphatic carbocycles. The summed E-state index contributed by atoms with van der Waals surface area (Å²) < 4.78 is 11.1. The number of nitrogens with zero attached hydrogens (tertiary/aromatic N) is 1. The Balaban J connectivity index is 1.65. The van der Waals surface area contributed by atoms with Crippen LogP contribution in [-0.2, 0) is 0 Å². The highest BCUT2D eigenvalue weighted by Gasteiger charge is 2.08. The SMILES string of the molecule is [C-]#[N+]c1ccc(C(=O)Oc2ccc(OCCCCCCCCCC)cc2)cc1. The smallest absolute Gasteiger partial charge is 0.343 e. The Morgan fingerprint density at radius 1 is 0.821 bits per heavy atom. The van der Waals surface area contributed by atoms with E-state index in [1.54, 1.807) is 36.4 Å². The van der Waals surface area contributed by atoms with Crippen LogP contribution in [-0.4, -0.2) is 12.6 Å². The number of hydrogen-bond donors (Lipinski definition) is 0. The van der Waals surface area contributed by atoms with E-state index < -0.39 is 5.97 Å². The predicted octanol–water partition coefficient (Wildman–Crippen LogP) is 6.98. The maximum absolute atomic E-state index is 12.1. The summed E-state index contributed by atoms with van der Waals surface area (Å²) in [7, 11) is 0. The van der Waals surface area contributed by atoms with E-state index in [-0.39, 0.29) is 0 Å². The van der Waals surface area contributed by atoms with Crippen LogP contribution >= 0.6 is 0 Å². The third-order valence-electron chi connectivity index (χ3n) is 4.53. The van der Waals surface area contributed by atoms with E-state index >= 15 is 0 Å². The Morgan fingerprint density at radius 3 is 2.00 bits per heavy atom. The van der Waals surface area contributed by atoms with Crippen LogP contribution in [0.2, 0.25) is 0 Å². The highest BCUT2D eigenvalue weighted by Crippen LogP contribution is 2.20. The number of carbonyl (C=O) groups is 1. The molecule has 0 radical (unpaired) electrons. The zero-order valence-corrected chi connectivity index (χ0v) is 16.7. The average Bonchev–Trinajstić information content (AvgIpc) is 2.73. The van der Waals surface area contributed by atoms with Gasteiger partial charge < -0.3 is 9.47 Å². The van der Waals surface area contributed by atoms with Gasteiger partial charge in [0, 0.05) is 0 Å². The highest BCUT2D eigenvalue weighted by atomic mass is 16.5. The largest absolute Gasteiger partial charge is 0.494 e. The van der Waals surface area contributed by atoms with Gasteiger partial charge in [0.1, 0.15) is 11.5 Å². The topological polar surface area (TPSA) is 39.9 Å². The second-order valence-corrected chi connectivity index (χ2v) is 6.84. The summed E-state index contributed by atoms with van der Waals surface area (Å²) in [5.41, 5.74) is 0.914. The average molecular weight is 380 g/mol. The summed E-state index contributed by atoms with van der Waals surface area (Å²) in [5, 5.41) is 0. The molecule has 0 aliphatic heterocycles. The van der Waals surface area contributed by atoms with E-state index in [2.05, 4.69) is 11.8 Å². The molecule has 2 aromatic rings. The van der Waals surface area contributed by atoms with Crippen molar-refractivity contribution in [1.82, 2.24) is 0 Å². The molecule has 0 amide bonds. The third-order valence-corrected chi connectivity index (χ3v) is 4.53. The van der Waals surface area contributed by atoms with Crippen molar-refractivity contribution in [3.05, 3.63) is 65.5 Å². The van der Waals surface area contributed by atoms with E-state index in [4.69, 9.17) is 16.0 Å². The number of ether oxygens (including phenoxy) is 2. The van der Waals surface area contributed by atoms with Crippen LogP contribution < -0.4 is 9.47 Å². The van der Waals surface area contributed by atoms with Gasteiger partial charge in [0.2, 0.25) is 0 Å². The normalized spacial score (nSPS) is 10.3. The number of unbranched alkanes of at least 4 members (excludes halogenated alkanes) is 7.